The lowest BCUT2D eigenvalue weighted by Gasteiger charge is -2.15. The molecular formula is C15H23N5S. The van der Waals surface area contributed by atoms with Crippen LogP contribution in [0, 0.1) is 13.8 Å². The van der Waals surface area contributed by atoms with Gasteiger partial charge in [0.25, 0.3) is 0 Å². The maximum absolute atomic E-state index is 4.65. The van der Waals surface area contributed by atoms with Gasteiger partial charge in [-0.1, -0.05) is 13.8 Å². The van der Waals surface area contributed by atoms with Crippen LogP contribution in [0.2, 0.25) is 0 Å². The molecule has 114 valence electrons. The Labute approximate surface area is 130 Å². The molecule has 2 aromatic rings. The van der Waals surface area contributed by atoms with Crippen molar-refractivity contribution < 1.29 is 0 Å². The molecule has 2 heterocycles. The van der Waals surface area contributed by atoms with Crippen molar-refractivity contribution in [1.82, 2.24) is 15.0 Å². The van der Waals surface area contributed by atoms with E-state index >= 15 is 0 Å². The average molecular weight is 305 g/mol. The standard InChI is InChI=1S/C15H23N5S/c1-6-16-14-11(5)15(20-13(19-14)9(2)3)17-7-12-18-10(4)8-21-12/h8-9H,6-7H2,1-5H3,(H2,16,17,19,20). The molecule has 2 rings (SSSR count). The topological polar surface area (TPSA) is 62.7 Å². The molecule has 5 nitrogen and oxygen atoms in total. The predicted octanol–water partition coefficient (Wildman–Crippen LogP) is 3.72. The van der Waals surface area contributed by atoms with Crippen molar-refractivity contribution in [2.24, 2.45) is 0 Å². The molecule has 0 radical (unpaired) electrons. The second kappa shape index (κ2) is 6.85. The van der Waals surface area contributed by atoms with Crippen molar-refractivity contribution in [2.45, 2.75) is 47.1 Å². The van der Waals surface area contributed by atoms with Crippen LogP contribution in [0.15, 0.2) is 5.38 Å². The first-order chi connectivity index (χ1) is 10.0. The maximum atomic E-state index is 4.65. The number of hydrogen-bond donors (Lipinski definition) is 2. The monoisotopic (exact) mass is 305 g/mol. The molecule has 21 heavy (non-hydrogen) atoms. The van der Waals surface area contributed by atoms with Crippen LogP contribution >= 0.6 is 11.3 Å². The summed E-state index contributed by atoms with van der Waals surface area (Å²) in [6, 6.07) is 0. The predicted molar refractivity (Wildman–Crippen MR) is 89.2 cm³/mol. The fourth-order valence-electron chi connectivity index (χ4n) is 1.95. The summed E-state index contributed by atoms with van der Waals surface area (Å²) in [5, 5.41) is 9.84. The van der Waals surface area contributed by atoms with Crippen LogP contribution < -0.4 is 10.6 Å². The van der Waals surface area contributed by atoms with Crippen molar-refractivity contribution in [3.8, 4) is 0 Å². The molecule has 6 heteroatoms. The Morgan fingerprint density at radius 2 is 1.76 bits per heavy atom. The van der Waals surface area contributed by atoms with Crippen molar-refractivity contribution >= 4 is 23.0 Å². The van der Waals surface area contributed by atoms with Crippen LogP contribution in [-0.4, -0.2) is 21.5 Å². The van der Waals surface area contributed by atoms with Gasteiger partial charge in [-0.3, -0.25) is 0 Å². The zero-order valence-corrected chi connectivity index (χ0v) is 14.1. The number of aryl methyl sites for hydroxylation is 1. The SMILES string of the molecule is CCNc1nc(C(C)C)nc(NCc2nc(C)cs2)c1C. The highest BCUT2D eigenvalue weighted by atomic mass is 32.1. The van der Waals surface area contributed by atoms with Crippen molar-refractivity contribution in [3.63, 3.8) is 0 Å². The Kier molecular flexibility index (Phi) is 5.12. The fraction of sp³-hybridized carbons (Fsp3) is 0.533. The molecule has 0 bridgehead atoms. The first kappa shape index (κ1) is 15.7. The van der Waals surface area contributed by atoms with Crippen molar-refractivity contribution in [3.05, 3.63) is 27.5 Å². The van der Waals surface area contributed by atoms with Crippen LogP contribution in [-0.2, 0) is 6.54 Å². The van der Waals surface area contributed by atoms with Gasteiger partial charge in [0, 0.05) is 29.1 Å². The van der Waals surface area contributed by atoms with E-state index in [1.54, 1.807) is 11.3 Å². The molecular weight excluding hydrogens is 282 g/mol. The van der Waals surface area contributed by atoms with Gasteiger partial charge >= 0.3 is 0 Å². The van der Waals surface area contributed by atoms with Gasteiger partial charge in [0.1, 0.15) is 22.5 Å². The molecule has 0 atom stereocenters. The van der Waals surface area contributed by atoms with Gasteiger partial charge in [-0.25, -0.2) is 15.0 Å². The molecule has 0 unspecified atom stereocenters. The summed E-state index contributed by atoms with van der Waals surface area (Å²) in [6.07, 6.45) is 0. The molecule has 2 aromatic heterocycles. The van der Waals surface area contributed by atoms with E-state index in [-0.39, 0.29) is 0 Å². The Morgan fingerprint density at radius 3 is 2.29 bits per heavy atom. The zero-order chi connectivity index (χ0) is 15.4. The van der Waals surface area contributed by atoms with Crippen LogP contribution in [0.1, 0.15) is 48.8 Å². The number of nitrogens with zero attached hydrogens (tertiary/aromatic N) is 3. The van der Waals surface area contributed by atoms with Crippen LogP contribution in [0.25, 0.3) is 0 Å². The Hall–Kier alpha value is -1.69. The van der Waals surface area contributed by atoms with Gasteiger partial charge in [-0.2, -0.15) is 0 Å². The second-order valence-electron chi connectivity index (χ2n) is 5.33. The molecule has 2 N–H and O–H groups in total. The van der Waals surface area contributed by atoms with Gasteiger partial charge < -0.3 is 10.6 Å². The molecule has 0 fully saturated rings. The lowest BCUT2D eigenvalue weighted by molar-refractivity contribution is 0.772. The van der Waals surface area contributed by atoms with E-state index < -0.39 is 0 Å². The maximum Gasteiger partial charge on any atom is 0.135 e. The van der Waals surface area contributed by atoms with Gasteiger partial charge in [0.05, 0.1) is 6.54 Å². The zero-order valence-electron chi connectivity index (χ0n) is 13.3. The Morgan fingerprint density at radius 1 is 1.10 bits per heavy atom. The fourth-order valence-corrected chi connectivity index (χ4v) is 2.66. The van der Waals surface area contributed by atoms with Crippen molar-refractivity contribution in [1.29, 1.82) is 0 Å². The summed E-state index contributed by atoms with van der Waals surface area (Å²) in [5.74, 6) is 2.95. The molecule has 0 aliphatic heterocycles. The summed E-state index contributed by atoms with van der Waals surface area (Å²) in [7, 11) is 0. The summed E-state index contributed by atoms with van der Waals surface area (Å²) in [6.45, 7) is 11.9. The molecule has 0 spiro atoms. The minimum atomic E-state index is 0.297. The number of hydrogen-bond acceptors (Lipinski definition) is 6. The van der Waals surface area contributed by atoms with Gasteiger partial charge in [0.2, 0.25) is 0 Å². The smallest absolute Gasteiger partial charge is 0.135 e. The minimum Gasteiger partial charge on any atom is -0.370 e. The lowest BCUT2D eigenvalue weighted by atomic mass is 10.2. The first-order valence-electron chi connectivity index (χ1n) is 7.28. The summed E-state index contributed by atoms with van der Waals surface area (Å²) >= 11 is 1.67. The Bertz CT molecular complexity index is 606. The van der Waals surface area contributed by atoms with Gasteiger partial charge in [-0.15, -0.1) is 11.3 Å². The number of rotatable bonds is 6. The average Bonchev–Trinajstić information content (AvgIpc) is 2.85. The third-order valence-electron chi connectivity index (χ3n) is 3.10. The van der Waals surface area contributed by atoms with E-state index in [9.17, 15) is 0 Å². The van der Waals surface area contributed by atoms with E-state index in [1.165, 1.54) is 0 Å². The molecule has 0 aliphatic carbocycles. The number of aromatic nitrogens is 3. The largest absolute Gasteiger partial charge is 0.370 e. The van der Waals surface area contributed by atoms with E-state index in [2.05, 4.69) is 51.7 Å². The van der Waals surface area contributed by atoms with E-state index in [0.29, 0.717) is 12.5 Å². The van der Waals surface area contributed by atoms with Crippen LogP contribution in [0.4, 0.5) is 11.6 Å². The molecule has 0 saturated carbocycles. The molecule has 0 aliphatic rings. The van der Waals surface area contributed by atoms with E-state index in [0.717, 1.165) is 40.3 Å². The van der Waals surface area contributed by atoms with Crippen molar-refractivity contribution in [2.75, 3.05) is 17.2 Å². The number of thiazole rings is 1. The van der Waals surface area contributed by atoms with E-state index in [4.69, 9.17) is 0 Å². The van der Waals surface area contributed by atoms with Crippen LogP contribution in [0.3, 0.4) is 0 Å². The number of anilines is 2. The highest BCUT2D eigenvalue weighted by Gasteiger charge is 2.13. The number of nitrogens with one attached hydrogen (secondary N) is 2. The van der Waals surface area contributed by atoms with Gasteiger partial charge in [0.15, 0.2) is 0 Å². The molecule has 0 amide bonds. The third-order valence-corrected chi connectivity index (χ3v) is 4.06. The molecule has 0 aromatic carbocycles. The first-order valence-corrected chi connectivity index (χ1v) is 8.16. The second-order valence-corrected chi connectivity index (χ2v) is 6.27. The normalized spacial score (nSPS) is 11.0. The highest BCUT2D eigenvalue weighted by Crippen LogP contribution is 2.23. The Balaban J connectivity index is 2.23. The third kappa shape index (κ3) is 3.91. The summed E-state index contributed by atoms with van der Waals surface area (Å²) < 4.78 is 0. The summed E-state index contributed by atoms with van der Waals surface area (Å²) in [4.78, 5) is 13.7. The molecule has 0 saturated heterocycles. The minimum absolute atomic E-state index is 0.297. The lowest BCUT2D eigenvalue weighted by Crippen LogP contribution is -2.12. The van der Waals surface area contributed by atoms with Gasteiger partial charge in [-0.05, 0) is 20.8 Å². The van der Waals surface area contributed by atoms with E-state index in [1.807, 2.05) is 13.8 Å². The summed E-state index contributed by atoms with van der Waals surface area (Å²) in [5.41, 5.74) is 2.11. The van der Waals surface area contributed by atoms with Crippen LogP contribution in [0.5, 0.6) is 0 Å². The highest BCUT2D eigenvalue weighted by molar-refractivity contribution is 7.09. The quantitative estimate of drug-likeness (QED) is 0.851.